The van der Waals surface area contributed by atoms with E-state index in [0.717, 1.165) is 19.4 Å². The molecule has 1 unspecified atom stereocenters. The van der Waals surface area contributed by atoms with E-state index in [-0.39, 0.29) is 30.2 Å². The number of amides is 2. The van der Waals surface area contributed by atoms with Crippen molar-refractivity contribution in [2.24, 2.45) is 0 Å². The minimum atomic E-state index is -0.372. The summed E-state index contributed by atoms with van der Waals surface area (Å²) in [6.07, 6.45) is 2.10. The molecule has 1 aliphatic heterocycles. The molecule has 0 saturated carbocycles. The summed E-state index contributed by atoms with van der Waals surface area (Å²) in [6.45, 7) is 1.15. The van der Waals surface area contributed by atoms with Crippen molar-refractivity contribution in [1.29, 1.82) is 0 Å². The Hall–Kier alpha value is -3.03. The molecule has 5 nitrogen and oxygen atoms in total. The summed E-state index contributed by atoms with van der Waals surface area (Å²) < 4.78 is 13.1. The summed E-state index contributed by atoms with van der Waals surface area (Å²) in [6, 6.07) is 14.8. The Morgan fingerprint density at radius 2 is 1.87 bits per heavy atom. The van der Waals surface area contributed by atoms with Gasteiger partial charge < -0.3 is 10.6 Å². The molecule has 2 N–H and O–H groups in total. The molecule has 0 bridgehead atoms. The van der Waals surface area contributed by atoms with Crippen LogP contribution in [0.25, 0.3) is 0 Å². The van der Waals surface area contributed by atoms with Gasteiger partial charge in [-0.1, -0.05) is 12.1 Å². The molecule has 2 amide bonds. The predicted molar refractivity (Wildman–Crippen MR) is 117 cm³/mol. The van der Waals surface area contributed by atoms with E-state index < -0.39 is 0 Å². The number of carbonyl (C=O) groups excluding carboxylic acids is 2. The van der Waals surface area contributed by atoms with Crippen LogP contribution in [0.5, 0.6) is 0 Å². The standard InChI is InChI=1S/C23H22FN3O2S/c24-17-7-9-18(10-8-17)25-23(29)19-4-1-2-5-20(19)26-22(28)14-27-12-3-6-21(27)16-11-13-30-15-16/h1-2,4-5,7-11,13,15,21H,3,6,12,14H2,(H,25,29)(H,26,28). The van der Waals surface area contributed by atoms with E-state index in [1.54, 1.807) is 35.6 Å². The maximum Gasteiger partial charge on any atom is 0.257 e. The SMILES string of the molecule is O=C(CN1CCCC1c1ccsc1)Nc1ccccc1C(=O)Nc1ccc(F)cc1. The van der Waals surface area contributed by atoms with Gasteiger partial charge in [0.05, 0.1) is 17.8 Å². The number of nitrogens with zero attached hydrogens (tertiary/aromatic N) is 1. The zero-order valence-electron chi connectivity index (χ0n) is 16.3. The Morgan fingerprint density at radius 3 is 2.63 bits per heavy atom. The maximum atomic E-state index is 13.1. The molecule has 7 heteroatoms. The number of anilines is 2. The fraction of sp³-hybridized carbons (Fsp3) is 0.217. The van der Waals surface area contributed by atoms with E-state index in [1.807, 2.05) is 0 Å². The molecule has 3 aromatic rings. The summed E-state index contributed by atoms with van der Waals surface area (Å²) in [7, 11) is 0. The fourth-order valence-corrected chi connectivity index (χ4v) is 4.46. The van der Waals surface area contributed by atoms with Crippen LogP contribution in [-0.4, -0.2) is 29.8 Å². The van der Waals surface area contributed by atoms with E-state index in [4.69, 9.17) is 0 Å². The minimum absolute atomic E-state index is 0.154. The molecule has 154 valence electrons. The summed E-state index contributed by atoms with van der Waals surface area (Å²) in [4.78, 5) is 27.6. The van der Waals surface area contributed by atoms with E-state index in [2.05, 4.69) is 32.4 Å². The van der Waals surface area contributed by atoms with Crippen molar-refractivity contribution in [3.8, 4) is 0 Å². The number of nitrogens with one attached hydrogen (secondary N) is 2. The summed E-state index contributed by atoms with van der Waals surface area (Å²) in [5.74, 6) is -0.891. The summed E-state index contributed by atoms with van der Waals surface area (Å²) in [5, 5.41) is 9.80. The lowest BCUT2D eigenvalue weighted by Crippen LogP contribution is -2.33. The molecule has 1 fully saturated rings. The highest BCUT2D eigenvalue weighted by atomic mass is 32.1. The third-order valence-corrected chi connectivity index (χ3v) is 5.89. The molecule has 1 atom stereocenters. The molecule has 30 heavy (non-hydrogen) atoms. The van der Waals surface area contributed by atoms with Crippen molar-refractivity contribution in [2.75, 3.05) is 23.7 Å². The molecular formula is C23H22FN3O2S. The van der Waals surface area contributed by atoms with Gasteiger partial charge in [0, 0.05) is 11.7 Å². The van der Waals surface area contributed by atoms with Crippen LogP contribution < -0.4 is 10.6 Å². The van der Waals surface area contributed by atoms with Crippen LogP contribution in [-0.2, 0) is 4.79 Å². The van der Waals surface area contributed by atoms with Crippen LogP contribution >= 0.6 is 11.3 Å². The predicted octanol–water partition coefficient (Wildman–Crippen LogP) is 4.92. The Bertz CT molecular complexity index is 1020. The average Bonchev–Trinajstić information content (AvgIpc) is 3.41. The van der Waals surface area contributed by atoms with Crippen LogP contribution in [0.4, 0.5) is 15.8 Å². The van der Waals surface area contributed by atoms with Crippen LogP contribution in [0.2, 0.25) is 0 Å². The Balaban J connectivity index is 1.42. The highest BCUT2D eigenvalue weighted by Crippen LogP contribution is 2.32. The van der Waals surface area contributed by atoms with Gasteiger partial charge in [-0.05, 0) is 78.2 Å². The molecule has 1 aromatic heterocycles. The molecule has 1 aliphatic rings. The number of likely N-dealkylation sites (tertiary alicyclic amines) is 1. The van der Waals surface area contributed by atoms with Gasteiger partial charge in [-0.25, -0.2) is 4.39 Å². The van der Waals surface area contributed by atoms with Crippen molar-refractivity contribution in [3.05, 3.63) is 82.3 Å². The highest BCUT2D eigenvalue weighted by Gasteiger charge is 2.28. The van der Waals surface area contributed by atoms with Crippen LogP contribution in [0, 0.1) is 5.82 Å². The second kappa shape index (κ2) is 9.19. The zero-order valence-corrected chi connectivity index (χ0v) is 17.1. The van der Waals surface area contributed by atoms with Gasteiger partial charge in [0.1, 0.15) is 5.82 Å². The maximum absolute atomic E-state index is 13.1. The van der Waals surface area contributed by atoms with Crippen LogP contribution in [0.3, 0.4) is 0 Å². The van der Waals surface area contributed by atoms with Crippen molar-refractivity contribution in [3.63, 3.8) is 0 Å². The highest BCUT2D eigenvalue weighted by molar-refractivity contribution is 7.08. The number of thiophene rings is 1. The van der Waals surface area contributed by atoms with E-state index in [9.17, 15) is 14.0 Å². The normalized spacial score (nSPS) is 16.4. The second-order valence-electron chi connectivity index (χ2n) is 7.24. The first kappa shape index (κ1) is 20.3. The van der Waals surface area contributed by atoms with E-state index >= 15 is 0 Å². The number of hydrogen-bond acceptors (Lipinski definition) is 4. The number of rotatable bonds is 6. The van der Waals surface area contributed by atoms with Gasteiger partial charge in [-0.3, -0.25) is 14.5 Å². The van der Waals surface area contributed by atoms with Crippen LogP contribution in [0.15, 0.2) is 65.4 Å². The fourth-order valence-electron chi connectivity index (χ4n) is 3.75. The average molecular weight is 424 g/mol. The number of para-hydroxylation sites is 1. The Labute approximate surface area is 178 Å². The smallest absolute Gasteiger partial charge is 0.257 e. The number of halogens is 1. The van der Waals surface area contributed by atoms with Crippen molar-refractivity contribution in [2.45, 2.75) is 18.9 Å². The van der Waals surface area contributed by atoms with Gasteiger partial charge in [0.15, 0.2) is 0 Å². The molecule has 0 aliphatic carbocycles. The first-order valence-corrected chi connectivity index (χ1v) is 10.8. The van der Waals surface area contributed by atoms with Crippen molar-refractivity contribution < 1.29 is 14.0 Å². The van der Waals surface area contributed by atoms with Crippen molar-refractivity contribution in [1.82, 2.24) is 4.90 Å². The van der Waals surface area contributed by atoms with Gasteiger partial charge in [0.2, 0.25) is 5.91 Å². The molecule has 2 aromatic carbocycles. The third-order valence-electron chi connectivity index (χ3n) is 5.19. The number of carbonyl (C=O) groups is 2. The molecule has 0 radical (unpaired) electrons. The largest absolute Gasteiger partial charge is 0.324 e. The van der Waals surface area contributed by atoms with Gasteiger partial charge in [-0.2, -0.15) is 11.3 Å². The topological polar surface area (TPSA) is 61.4 Å². The van der Waals surface area contributed by atoms with E-state index in [0.29, 0.717) is 16.9 Å². The lowest BCUT2D eigenvalue weighted by Gasteiger charge is -2.23. The first-order chi connectivity index (χ1) is 14.6. The molecule has 1 saturated heterocycles. The second-order valence-corrected chi connectivity index (χ2v) is 8.02. The quantitative estimate of drug-likeness (QED) is 0.592. The lowest BCUT2D eigenvalue weighted by atomic mass is 10.1. The Morgan fingerprint density at radius 1 is 1.07 bits per heavy atom. The van der Waals surface area contributed by atoms with Gasteiger partial charge in [-0.15, -0.1) is 0 Å². The van der Waals surface area contributed by atoms with Gasteiger partial charge >= 0.3 is 0 Å². The molecule has 2 heterocycles. The summed E-state index contributed by atoms with van der Waals surface area (Å²) in [5.41, 5.74) is 2.54. The van der Waals surface area contributed by atoms with E-state index in [1.165, 1.54) is 29.8 Å². The Kier molecular flexibility index (Phi) is 6.21. The number of hydrogen-bond donors (Lipinski definition) is 2. The van der Waals surface area contributed by atoms with Crippen molar-refractivity contribution >= 4 is 34.5 Å². The zero-order chi connectivity index (χ0) is 20.9. The lowest BCUT2D eigenvalue weighted by molar-refractivity contribution is -0.117. The first-order valence-electron chi connectivity index (χ1n) is 9.82. The number of benzene rings is 2. The molecular weight excluding hydrogens is 401 g/mol. The monoisotopic (exact) mass is 423 g/mol. The third kappa shape index (κ3) is 4.75. The van der Waals surface area contributed by atoms with Crippen LogP contribution in [0.1, 0.15) is 34.8 Å². The minimum Gasteiger partial charge on any atom is -0.324 e. The molecule has 0 spiro atoms. The molecule has 4 rings (SSSR count). The summed E-state index contributed by atoms with van der Waals surface area (Å²) >= 11 is 1.66. The van der Waals surface area contributed by atoms with Gasteiger partial charge in [0.25, 0.3) is 5.91 Å².